The predicted molar refractivity (Wildman–Crippen MR) is 118 cm³/mol. The molecule has 0 fully saturated rings. The van der Waals surface area contributed by atoms with Crippen LogP contribution in [0.3, 0.4) is 0 Å². The van der Waals surface area contributed by atoms with E-state index in [1.165, 1.54) is 38.5 Å². The molecule has 0 heterocycles. The van der Waals surface area contributed by atoms with Gasteiger partial charge in [0.15, 0.2) is 5.25 Å². The van der Waals surface area contributed by atoms with E-state index in [0.29, 0.717) is 6.42 Å². The average molecular weight is 463 g/mol. The highest BCUT2D eigenvalue weighted by Crippen LogP contribution is 2.11. The fourth-order valence-electron chi connectivity index (χ4n) is 3.03. The van der Waals surface area contributed by atoms with Crippen LogP contribution in [0.15, 0.2) is 12.2 Å². The summed E-state index contributed by atoms with van der Waals surface area (Å²) in [5, 5.41) is 6.37. The second-order valence-corrected chi connectivity index (χ2v) is 9.33. The van der Waals surface area contributed by atoms with Crippen molar-refractivity contribution in [2.24, 2.45) is 0 Å². The van der Waals surface area contributed by atoms with Crippen molar-refractivity contribution >= 4 is 28.0 Å². The number of carboxylic acid groups (broad SMARTS) is 1. The number of unbranched alkanes of at least 4 members (excludes halogenated alkanes) is 11. The van der Waals surface area contributed by atoms with E-state index in [1.807, 2.05) is 0 Å². The van der Waals surface area contributed by atoms with Crippen LogP contribution in [-0.2, 0) is 29.2 Å². The van der Waals surface area contributed by atoms with E-state index >= 15 is 0 Å². The van der Waals surface area contributed by atoms with Crippen molar-refractivity contribution in [3.8, 4) is 0 Å². The molecule has 0 aromatic carbocycles. The maximum absolute atomic E-state index is 11.6. The van der Waals surface area contributed by atoms with Gasteiger partial charge in [0.25, 0.3) is 10.1 Å². The summed E-state index contributed by atoms with van der Waals surface area (Å²) in [6.45, 7) is 2.22. The molecule has 0 aliphatic heterocycles. The molecule has 0 aliphatic carbocycles. The lowest BCUT2D eigenvalue weighted by atomic mass is 10.1. The van der Waals surface area contributed by atoms with Gasteiger partial charge < -0.3 is 9.84 Å². The minimum absolute atomic E-state index is 0.00644. The minimum atomic E-state index is -4.96. The van der Waals surface area contributed by atoms with Gasteiger partial charge in [-0.2, -0.15) is 8.42 Å². The number of allylic oxidation sites excluding steroid dienone is 2. The second-order valence-electron chi connectivity index (χ2n) is 7.73. The highest BCUT2D eigenvalue weighted by molar-refractivity contribution is 7.87. The van der Waals surface area contributed by atoms with Gasteiger partial charge in [-0.05, 0) is 32.1 Å². The molecular weight excluding hydrogens is 424 g/mol. The fraction of sp³-hybridized carbons (Fsp3) is 0.773. The number of hydrogen-bond donors (Lipinski definition) is 2. The number of carbonyl (C=O) groups is 3. The van der Waals surface area contributed by atoms with Crippen LogP contribution in [0.1, 0.15) is 103 Å². The molecule has 0 rings (SSSR count). The largest absolute Gasteiger partial charge is 0.480 e. The highest BCUT2D eigenvalue weighted by Gasteiger charge is 2.34. The summed E-state index contributed by atoms with van der Waals surface area (Å²) in [5.74, 6) is -4.01. The lowest BCUT2D eigenvalue weighted by molar-refractivity contribution is -0.161. The molecule has 0 bridgehead atoms. The van der Waals surface area contributed by atoms with Crippen LogP contribution in [-0.4, -0.2) is 41.2 Å². The van der Waals surface area contributed by atoms with Gasteiger partial charge in [0.05, 0.1) is 6.42 Å². The topological polar surface area (TPSA) is 135 Å². The first-order chi connectivity index (χ1) is 14.7. The van der Waals surface area contributed by atoms with Crippen LogP contribution in [0.25, 0.3) is 0 Å². The maximum atomic E-state index is 11.6. The van der Waals surface area contributed by atoms with Crippen molar-refractivity contribution in [2.45, 2.75) is 108 Å². The van der Waals surface area contributed by atoms with Gasteiger partial charge in [-0.3, -0.25) is 18.9 Å². The Kier molecular flexibility index (Phi) is 16.9. The van der Waals surface area contributed by atoms with Crippen LogP contribution in [0.5, 0.6) is 0 Å². The Morgan fingerprint density at radius 2 is 1.29 bits per heavy atom. The van der Waals surface area contributed by atoms with Gasteiger partial charge in [-0.25, -0.2) is 0 Å². The van der Waals surface area contributed by atoms with Crippen molar-refractivity contribution in [3.63, 3.8) is 0 Å². The van der Waals surface area contributed by atoms with E-state index in [-0.39, 0.29) is 6.42 Å². The van der Waals surface area contributed by atoms with E-state index in [0.717, 1.165) is 38.5 Å². The maximum Gasteiger partial charge on any atom is 0.325 e. The lowest BCUT2D eigenvalue weighted by Gasteiger charge is -2.08. The normalized spacial score (nSPS) is 12.7. The molecular formula is C22H38O8S. The molecule has 0 saturated heterocycles. The van der Waals surface area contributed by atoms with Crippen molar-refractivity contribution in [2.75, 3.05) is 0 Å². The molecule has 0 saturated carbocycles. The van der Waals surface area contributed by atoms with Crippen molar-refractivity contribution in [3.05, 3.63) is 12.2 Å². The predicted octanol–water partition coefficient (Wildman–Crippen LogP) is 4.82. The quantitative estimate of drug-likeness (QED) is 0.0916. The molecule has 0 aliphatic rings. The molecule has 0 spiro atoms. The standard InChI is InChI=1S/C22H38O8S/c1-2-3-4-5-6-7-8-9-10-11-12-13-14-15-16-17-20(23)30-21(24)18-19(22(25)26)31(27,28)29/h9-10,19H,2-8,11-18H2,1H3,(H,25,26)(H,27,28,29)/b10-9-. The first-order valence-corrected chi connectivity index (χ1v) is 12.8. The Balaban J connectivity index is 3.68. The summed E-state index contributed by atoms with van der Waals surface area (Å²) in [7, 11) is -4.96. The smallest absolute Gasteiger partial charge is 0.325 e. The third-order valence-electron chi connectivity index (χ3n) is 4.86. The fourth-order valence-corrected chi connectivity index (χ4v) is 3.63. The van der Waals surface area contributed by atoms with Gasteiger partial charge in [0.2, 0.25) is 0 Å². The summed E-state index contributed by atoms with van der Waals surface area (Å²) in [6.07, 6.45) is 17.8. The van der Waals surface area contributed by atoms with Crippen molar-refractivity contribution in [1.29, 1.82) is 0 Å². The van der Waals surface area contributed by atoms with Crippen LogP contribution < -0.4 is 0 Å². The van der Waals surface area contributed by atoms with Crippen LogP contribution in [0.2, 0.25) is 0 Å². The Labute approximate surface area is 186 Å². The van der Waals surface area contributed by atoms with Gasteiger partial charge in [-0.15, -0.1) is 0 Å². The van der Waals surface area contributed by atoms with E-state index in [4.69, 9.17) is 9.66 Å². The molecule has 1 unspecified atom stereocenters. The average Bonchev–Trinajstić information content (AvgIpc) is 2.68. The summed E-state index contributed by atoms with van der Waals surface area (Å²) in [4.78, 5) is 33.8. The number of carboxylic acids is 1. The van der Waals surface area contributed by atoms with E-state index in [2.05, 4.69) is 23.8 Å². The third kappa shape index (κ3) is 17.6. The first kappa shape index (κ1) is 29.3. The number of hydrogen-bond acceptors (Lipinski definition) is 6. The zero-order valence-corrected chi connectivity index (χ0v) is 19.4. The van der Waals surface area contributed by atoms with Crippen LogP contribution >= 0.6 is 0 Å². The number of ether oxygens (including phenoxy) is 1. The Hall–Kier alpha value is -1.74. The zero-order chi connectivity index (χ0) is 23.5. The van der Waals surface area contributed by atoms with Crippen molar-refractivity contribution in [1.82, 2.24) is 0 Å². The SMILES string of the molecule is CCCCCCCC/C=C\CCCCCCCC(=O)OC(=O)CC(C(=O)O)S(=O)(=O)O. The summed E-state index contributed by atoms with van der Waals surface area (Å²) in [5.41, 5.74) is 0. The molecule has 180 valence electrons. The number of esters is 2. The molecule has 31 heavy (non-hydrogen) atoms. The molecule has 0 aromatic heterocycles. The molecule has 0 amide bonds. The number of carbonyl (C=O) groups excluding carboxylic acids is 2. The second kappa shape index (κ2) is 17.9. The third-order valence-corrected chi connectivity index (χ3v) is 5.94. The van der Waals surface area contributed by atoms with Gasteiger partial charge in [0, 0.05) is 6.42 Å². The summed E-state index contributed by atoms with van der Waals surface area (Å²) in [6, 6.07) is 0. The van der Waals surface area contributed by atoms with Crippen LogP contribution in [0.4, 0.5) is 0 Å². The Morgan fingerprint density at radius 1 is 0.806 bits per heavy atom. The molecule has 0 aromatic rings. The summed E-state index contributed by atoms with van der Waals surface area (Å²) < 4.78 is 35.0. The van der Waals surface area contributed by atoms with Gasteiger partial charge in [-0.1, -0.05) is 70.4 Å². The first-order valence-electron chi connectivity index (χ1n) is 11.3. The molecule has 8 nitrogen and oxygen atoms in total. The minimum Gasteiger partial charge on any atom is -0.480 e. The van der Waals surface area contributed by atoms with Gasteiger partial charge >= 0.3 is 17.9 Å². The van der Waals surface area contributed by atoms with E-state index in [9.17, 15) is 22.8 Å². The van der Waals surface area contributed by atoms with Gasteiger partial charge in [0.1, 0.15) is 0 Å². The zero-order valence-electron chi connectivity index (χ0n) is 18.6. The molecule has 2 N–H and O–H groups in total. The number of aliphatic carboxylic acids is 1. The summed E-state index contributed by atoms with van der Waals surface area (Å²) >= 11 is 0. The molecule has 0 radical (unpaired) electrons. The van der Waals surface area contributed by atoms with Crippen LogP contribution in [0, 0.1) is 0 Å². The van der Waals surface area contributed by atoms with Crippen molar-refractivity contribution < 1.29 is 37.2 Å². The van der Waals surface area contributed by atoms with E-state index < -0.39 is 39.7 Å². The lowest BCUT2D eigenvalue weighted by Crippen LogP contribution is -2.33. The number of rotatable bonds is 19. The Bertz CT molecular complexity index is 654. The van der Waals surface area contributed by atoms with E-state index in [1.54, 1.807) is 0 Å². The molecule has 1 atom stereocenters. The molecule has 9 heteroatoms. The highest BCUT2D eigenvalue weighted by atomic mass is 32.2. The Morgan fingerprint density at radius 3 is 1.77 bits per heavy atom. The monoisotopic (exact) mass is 462 g/mol.